The third kappa shape index (κ3) is 4.26. The Morgan fingerprint density at radius 2 is 1.58 bits per heavy atom. The van der Waals surface area contributed by atoms with E-state index in [-0.39, 0.29) is 0 Å². The van der Waals surface area contributed by atoms with E-state index in [4.69, 9.17) is 14.2 Å². The number of hydrogen-bond donors (Lipinski definition) is 1. The summed E-state index contributed by atoms with van der Waals surface area (Å²) in [4.78, 5) is -0.476. The van der Waals surface area contributed by atoms with E-state index in [1.54, 1.807) is 36.4 Å². The van der Waals surface area contributed by atoms with Gasteiger partial charge in [-0.25, -0.2) is 8.42 Å². The highest BCUT2D eigenvalue weighted by Gasteiger charge is 2.20. The van der Waals surface area contributed by atoms with Crippen LogP contribution in [0.15, 0.2) is 47.4 Å². The van der Waals surface area contributed by atoms with Gasteiger partial charge in [0.05, 0.1) is 26.9 Å². The number of nitrogens with one attached hydrogen (secondary N) is 1. The van der Waals surface area contributed by atoms with Crippen molar-refractivity contribution in [3.05, 3.63) is 52.9 Å². The Hall–Kier alpha value is -3.18. The van der Waals surface area contributed by atoms with Crippen molar-refractivity contribution in [2.45, 2.75) is 0 Å². The highest BCUT2D eigenvalue weighted by Crippen LogP contribution is 2.31. The minimum absolute atomic E-state index is 0.305. The molecule has 0 amide bonds. The molecule has 1 N–H and O–H groups in total. The maximum Gasteiger partial charge on any atom is 0.272 e. The van der Waals surface area contributed by atoms with Crippen LogP contribution in [-0.4, -0.2) is 29.7 Å². The fourth-order valence-electron chi connectivity index (χ4n) is 2.19. The van der Waals surface area contributed by atoms with E-state index >= 15 is 0 Å². The summed E-state index contributed by atoms with van der Waals surface area (Å²) < 4.78 is 43.0. The Bertz CT molecular complexity index is 922. The number of rotatable bonds is 7. The molecule has 2 rings (SSSR count). The molecule has 7 nitrogen and oxygen atoms in total. The molecule has 0 aliphatic heterocycles. The third-order valence-corrected chi connectivity index (χ3v) is 4.78. The minimum atomic E-state index is -4.10. The van der Waals surface area contributed by atoms with Crippen LogP contribution >= 0.6 is 0 Å². The van der Waals surface area contributed by atoms with Crippen LogP contribution in [0.1, 0.15) is 5.56 Å². The number of nitriles is 1. The molecule has 0 spiro atoms. The van der Waals surface area contributed by atoms with Crippen molar-refractivity contribution in [2.75, 3.05) is 26.1 Å². The molecule has 0 atom stereocenters. The number of hydrogen-bond acceptors (Lipinski definition) is 6. The molecule has 0 radical (unpaired) electrons. The Morgan fingerprint density at radius 1 is 1.00 bits per heavy atom. The molecule has 0 fully saturated rings. The Morgan fingerprint density at radius 3 is 2.04 bits per heavy atom. The second-order valence-electron chi connectivity index (χ2n) is 5.03. The molecule has 0 bridgehead atoms. The van der Waals surface area contributed by atoms with Gasteiger partial charge < -0.3 is 14.2 Å². The van der Waals surface area contributed by atoms with Gasteiger partial charge in [0.25, 0.3) is 10.0 Å². The zero-order valence-corrected chi connectivity index (χ0v) is 15.3. The lowest BCUT2D eigenvalue weighted by Gasteiger charge is -2.11. The number of nitrogens with zero attached hydrogens (tertiary/aromatic N) is 1. The molecule has 0 saturated heterocycles. The number of benzene rings is 2. The first-order valence-electron chi connectivity index (χ1n) is 7.45. The highest BCUT2D eigenvalue weighted by atomic mass is 32.2. The van der Waals surface area contributed by atoms with Gasteiger partial charge in [0.1, 0.15) is 23.3 Å². The Labute approximate surface area is 152 Å². The van der Waals surface area contributed by atoms with Crippen molar-refractivity contribution in [2.24, 2.45) is 0 Å². The van der Waals surface area contributed by atoms with Crippen LogP contribution in [0.5, 0.6) is 17.2 Å². The maximum atomic E-state index is 12.6. The van der Waals surface area contributed by atoms with Crippen molar-refractivity contribution in [3.8, 4) is 23.3 Å². The van der Waals surface area contributed by atoms with E-state index in [0.29, 0.717) is 28.5 Å². The first-order chi connectivity index (χ1) is 12.4. The summed E-state index contributed by atoms with van der Waals surface area (Å²) in [7, 11) is 0.308. The zero-order chi connectivity index (χ0) is 19.2. The second-order valence-corrected chi connectivity index (χ2v) is 6.68. The zero-order valence-electron chi connectivity index (χ0n) is 14.5. The fourth-order valence-corrected chi connectivity index (χ4v) is 3.14. The fraction of sp³-hybridized carbons (Fsp3) is 0.167. The number of methoxy groups -OCH3 is 3. The lowest BCUT2D eigenvalue weighted by molar-refractivity contribution is 0.392. The largest absolute Gasteiger partial charge is 0.497 e. The van der Waals surface area contributed by atoms with Crippen LogP contribution < -0.4 is 18.9 Å². The number of ether oxygens (including phenoxy) is 3. The third-order valence-electron chi connectivity index (χ3n) is 3.48. The van der Waals surface area contributed by atoms with Gasteiger partial charge in [-0.05, 0) is 42.5 Å². The molecule has 0 aliphatic rings. The van der Waals surface area contributed by atoms with E-state index in [1.165, 1.54) is 39.5 Å². The summed E-state index contributed by atoms with van der Waals surface area (Å²) in [6.45, 7) is 0. The molecule has 0 aromatic heterocycles. The monoisotopic (exact) mass is 374 g/mol. The molecule has 2 aromatic carbocycles. The number of sulfonamides is 1. The standard InChI is InChI=1S/C18H18N2O5S/c1-23-14-9-7-13(8-10-14)20-26(21,22)15(12-19)11-16-17(24-2)5-4-6-18(16)25-3/h4-11,20H,1-3H3. The van der Waals surface area contributed by atoms with Crippen LogP contribution in [0.3, 0.4) is 0 Å². The smallest absolute Gasteiger partial charge is 0.272 e. The van der Waals surface area contributed by atoms with E-state index in [1.807, 2.05) is 0 Å². The second kappa shape index (κ2) is 8.27. The quantitative estimate of drug-likeness (QED) is 0.748. The van der Waals surface area contributed by atoms with Gasteiger partial charge in [0.2, 0.25) is 0 Å². The molecule has 0 heterocycles. The predicted octanol–water partition coefficient (Wildman–Crippen LogP) is 3.02. The highest BCUT2D eigenvalue weighted by molar-refractivity contribution is 7.96. The number of allylic oxidation sites excluding steroid dienone is 1. The lowest BCUT2D eigenvalue weighted by Crippen LogP contribution is -2.14. The van der Waals surface area contributed by atoms with Gasteiger partial charge in [-0.15, -0.1) is 0 Å². The van der Waals surface area contributed by atoms with Crippen LogP contribution in [0.25, 0.3) is 6.08 Å². The van der Waals surface area contributed by atoms with E-state index in [9.17, 15) is 13.7 Å². The van der Waals surface area contributed by atoms with Crippen molar-refractivity contribution in [1.29, 1.82) is 5.26 Å². The number of anilines is 1. The van der Waals surface area contributed by atoms with Gasteiger partial charge in [-0.3, -0.25) is 4.72 Å². The molecule has 8 heteroatoms. The van der Waals surface area contributed by atoms with Crippen LogP contribution in [0.2, 0.25) is 0 Å². The van der Waals surface area contributed by atoms with Crippen molar-refractivity contribution in [3.63, 3.8) is 0 Å². The van der Waals surface area contributed by atoms with Gasteiger partial charge in [0.15, 0.2) is 4.91 Å². The first kappa shape index (κ1) is 19.1. The van der Waals surface area contributed by atoms with Crippen molar-refractivity contribution >= 4 is 21.8 Å². The normalized spacial score (nSPS) is 11.4. The van der Waals surface area contributed by atoms with E-state index < -0.39 is 14.9 Å². The molecule has 0 aliphatic carbocycles. The van der Waals surface area contributed by atoms with Crippen LogP contribution in [0.4, 0.5) is 5.69 Å². The van der Waals surface area contributed by atoms with Crippen molar-refractivity contribution in [1.82, 2.24) is 0 Å². The minimum Gasteiger partial charge on any atom is -0.497 e. The Balaban J connectivity index is 2.43. The summed E-state index contributed by atoms with van der Waals surface area (Å²) in [6.07, 6.45) is 1.21. The molecule has 26 heavy (non-hydrogen) atoms. The lowest BCUT2D eigenvalue weighted by atomic mass is 10.1. The average molecular weight is 374 g/mol. The molecule has 0 unspecified atom stereocenters. The SMILES string of the molecule is COc1ccc(NS(=O)(=O)C(C#N)=Cc2c(OC)cccc2OC)cc1. The predicted molar refractivity (Wildman–Crippen MR) is 98.7 cm³/mol. The molecular weight excluding hydrogens is 356 g/mol. The topological polar surface area (TPSA) is 97.7 Å². The summed E-state index contributed by atoms with van der Waals surface area (Å²) in [5, 5.41) is 9.37. The first-order valence-corrected chi connectivity index (χ1v) is 8.93. The molecule has 136 valence electrons. The van der Waals surface area contributed by atoms with Crippen LogP contribution in [0, 0.1) is 11.3 Å². The summed E-state index contributed by atoms with van der Waals surface area (Å²) in [5.74, 6) is 1.36. The van der Waals surface area contributed by atoms with Gasteiger partial charge in [0, 0.05) is 5.69 Å². The molecule has 0 saturated carbocycles. The van der Waals surface area contributed by atoms with Gasteiger partial charge in [-0.2, -0.15) is 5.26 Å². The van der Waals surface area contributed by atoms with Crippen LogP contribution in [-0.2, 0) is 10.0 Å². The molecular formula is C18H18N2O5S. The van der Waals surface area contributed by atoms with Gasteiger partial charge in [-0.1, -0.05) is 6.07 Å². The summed E-state index contributed by atoms with van der Waals surface area (Å²) in [6, 6.07) is 13.0. The van der Waals surface area contributed by atoms with E-state index in [2.05, 4.69) is 4.72 Å². The summed E-state index contributed by atoms with van der Waals surface area (Å²) >= 11 is 0. The summed E-state index contributed by atoms with van der Waals surface area (Å²) in [5.41, 5.74) is 0.660. The van der Waals surface area contributed by atoms with Crippen molar-refractivity contribution < 1.29 is 22.6 Å². The molecule has 2 aromatic rings. The average Bonchev–Trinajstić information content (AvgIpc) is 2.65. The Kier molecular flexibility index (Phi) is 6.09. The van der Waals surface area contributed by atoms with Gasteiger partial charge >= 0.3 is 0 Å². The van der Waals surface area contributed by atoms with E-state index in [0.717, 1.165) is 0 Å². The maximum absolute atomic E-state index is 12.6.